The first kappa shape index (κ1) is 7.14. The van der Waals surface area contributed by atoms with Crippen LogP contribution < -0.4 is 0 Å². The quantitative estimate of drug-likeness (QED) is 0.624. The predicted molar refractivity (Wildman–Crippen MR) is 41.1 cm³/mol. The maximum absolute atomic E-state index is 10.7. The molecule has 0 amide bonds. The lowest BCUT2D eigenvalue weighted by atomic mass is 9.60. The van der Waals surface area contributed by atoms with Crippen LogP contribution in [0.1, 0.15) is 26.7 Å². The molecule has 2 heteroatoms. The van der Waals surface area contributed by atoms with E-state index in [-0.39, 0.29) is 5.92 Å². The zero-order valence-corrected chi connectivity index (χ0v) is 7.00. The predicted octanol–water partition coefficient (Wildman–Crippen LogP) is 1.75. The maximum atomic E-state index is 10.7. The van der Waals surface area contributed by atoms with Gasteiger partial charge in [-0.2, -0.15) is 0 Å². The Morgan fingerprint density at radius 1 is 1.45 bits per heavy atom. The van der Waals surface area contributed by atoms with Gasteiger partial charge in [0.2, 0.25) is 0 Å². The number of carboxylic acids is 1. The fourth-order valence-electron chi connectivity index (χ4n) is 2.88. The van der Waals surface area contributed by atoms with E-state index in [1.807, 2.05) is 0 Å². The molecule has 11 heavy (non-hydrogen) atoms. The first-order valence-electron chi connectivity index (χ1n) is 4.26. The minimum Gasteiger partial charge on any atom is -0.481 e. The molecule has 0 unspecified atom stereocenters. The Kier molecular flexibility index (Phi) is 1.16. The Morgan fingerprint density at radius 2 is 2.09 bits per heavy atom. The second kappa shape index (κ2) is 1.79. The van der Waals surface area contributed by atoms with Gasteiger partial charge < -0.3 is 5.11 Å². The van der Waals surface area contributed by atoms with Crippen molar-refractivity contribution in [3.05, 3.63) is 0 Å². The van der Waals surface area contributed by atoms with Crippen molar-refractivity contribution in [1.29, 1.82) is 0 Å². The Hall–Kier alpha value is -0.530. The number of aliphatic carboxylic acids is 1. The lowest BCUT2D eigenvalue weighted by Crippen LogP contribution is -2.39. The maximum Gasteiger partial charge on any atom is 0.306 e. The highest BCUT2D eigenvalue weighted by Crippen LogP contribution is 2.64. The van der Waals surface area contributed by atoms with E-state index in [0.717, 1.165) is 12.8 Å². The van der Waals surface area contributed by atoms with Gasteiger partial charge in [-0.3, -0.25) is 4.79 Å². The number of carboxylic acid groups (broad SMARTS) is 1. The van der Waals surface area contributed by atoms with E-state index in [1.54, 1.807) is 0 Å². The first-order valence-corrected chi connectivity index (χ1v) is 4.26. The highest BCUT2D eigenvalue weighted by molar-refractivity contribution is 5.71. The number of rotatable bonds is 1. The van der Waals surface area contributed by atoms with Crippen LogP contribution in [0.4, 0.5) is 0 Å². The minimum atomic E-state index is -0.580. The molecule has 3 aliphatic carbocycles. The Bertz CT molecular complexity index is 208. The third-order valence-corrected chi connectivity index (χ3v) is 3.89. The van der Waals surface area contributed by atoms with E-state index in [1.165, 1.54) is 0 Å². The van der Waals surface area contributed by atoms with Crippen molar-refractivity contribution < 1.29 is 9.90 Å². The van der Waals surface area contributed by atoms with Crippen LogP contribution >= 0.6 is 0 Å². The third kappa shape index (κ3) is 0.700. The molecule has 0 saturated heterocycles. The molecule has 62 valence electrons. The topological polar surface area (TPSA) is 37.3 Å². The van der Waals surface area contributed by atoms with Crippen LogP contribution in [-0.4, -0.2) is 11.1 Å². The summed E-state index contributed by atoms with van der Waals surface area (Å²) in [5, 5.41) is 8.84. The molecule has 1 N–H and O–H groups in total. The second-order valence-corrected chi connectivity index (χ2v) is 4.54. The fourth-order valence-corrected chi connectivity index (χ4v) is 2.88. The fraction of sp³-hybridized carbons (Fsp3) is 0.889. The van der Waals surface area contributed by atoms with Crippen molar-refractivity contribution in [2.45, 2.75) is 26.7 Å². The third-order valence-electron chi connectivity index (χ3n) is 3.89. The van der Waals surface area contributed by atoms with Gasteiger partial charge in [-0.05, 0) is 30.1 Å². The van der Waals surface area contributed by atoms with Gasteiger partial charge in [0.25, 0.3) is 0 Å². The molecule has 0 heterocycles. The lowest BCUT2D eigenvalue weighted by molar-refractivity contribution is -0.144. The van der Waals surface area contributed by atoms with Crippen molar-refractivity contribution in [1.82, 2.24) is 0 Å². The monoisotopic (exact) mass is 154 g/mol. The average molecular weight is 154 g/mol. The van der Waals surface area contributed by atoms with E-state index < -0.39 is 5.97 Å². The van der Waals surface area contributed by atoms with E-state index in [4.69, 9.17) is 5.11 Å². The van der Waals surface area contributed by atoms with E-state index in [2.05, 4.69) is 13.8 Å². The van der Waals surface area contributed by atoms with Crippen LogP contribution in [0.25, 0.3) is 0 Å². The first-order chi connectivity index (χ1) is 5.03. The van der Waals surface area contributed by atoms with Gasteiger partial charge >= 0.3 is 5.97 Å². The summed E-state index contributed by atoms with van der Waals surface area (Å²) in [5.41, 5.74) is 0.322. The zero-order chi connectivity index (χ0) is 8.22. The van der Waals surface area contributed by atoms with Crippen molar-refractivity contribution in [3.8, 4) is 0 Å². The Morgan fingerprint density at radius 3 is 2.27 bits per heavy atom. The van der Waals surface area contributed by atoms with Gasteiger partial charge in [0.15, 0.2) is 0 Å². The van der Waals surface area contributed by atoms with Gasteiger partial charge in [-0.25, -0.2) is 0 Å². The standard InChI is InChI=1S/C9H14O2/c1-9(2)5-3-6(8(10)11)7(9)4-5/h5-7H,3-4H2,1-2H3,(H,10,11)/t5-,6+,7-/m0/s1. The molecule has 3 fully saturated rings. The Labute approximate surface area is 66.6 Å². The summed E-state index contributed by atoms with van der Waals surface area (Å²) in [7, 11) is 0. The molecule has 2 bridgehead atoms. The molecule has 3 saturated carbocycles. The number of fused-ring (bicyclic) bond motifs is 1. The molecule has 3 atom stereocenters. The zero-order valence-electron chi connectivity index (χ0n) is 7.00. The summed E-state index contributed by atoms with van der Waals surface area (Å²) in [5.74, 6) is 0.539. The normalized spacial score (nSPS) is 45.1. The number of carbonyl (C=O) groups is 1. The molecular weight excluding hydrogens is 140 g/mol. The summed E-state index contributed by atoms with van der Waals surface area (Å²) < 4.78 is 0. The van der Waals surface area contributed by atoms with Crippen LogP contribution in [0.2, 0.25) is 0 Å². The van der Waals surface area contributed by atoms with Gasteiger partial charge in [-0.1, -0.05) is 13.8 Å². The molecule has 3 aliphatic rings. The van der Waals surface area contributed by atoms with Gasteiger partial charge in [0.05, 0.1) is 5.92 Å². The molecule has 3 rings (SSSR count). The molecule has 0 aliphatic heterocycles. The molecule has 0 aromatic heterocycles. The number of hydrogen-bond acceptors (Lipinski definition) is 1. The van der Waals surface area contributed by atoms with Crippen LogP contribution in [0.15, 0.2) is 0 Å². The molecule has 0 aromatic carbocycles. The number of hydrogen-bond donors (Lipinski definition) is 1. The summed E-state index contributed by atoms with van der Waals surface area (Å²) in [6, 6.07) is 0. The van der Waals surface area contributed by atoms with Crippen molar-refractivity contribution in [2.24, 2.45) is 23.2 Å². The Balaban J connectivity index is 2.18. The van der Waals surface area contributed by atoms with Gasteiger partial charge in [0.1, 0.15) is 0 Å². The lowest BCUT2D eigenvalue weighted by Gasteiger charge is -2.44. The minimum absolute atomic E-state index is 0.0324. The highest BCUT2D eigenvalue weighted by Gasteiger charge is 2.60. The summed E-state index contributed by atoms with van der Waals surface area (Å²) in [6.45, 7) is 4.41. The summed E-state index contributed by atoms with van der Waals surface area (Å²) >= 11 is 0. The SMILES string of the molecule is CC1(C)[C@H]2C[C@@H](C(=O)O)[C@@H]1C2. The van der Waals surface area contributed by atoms with E-state index in [9.17, 15) is 4.79 Å². The van der Waals surface area contributed by atoms with Gasteiger partial charge in [0, 0.05) is 0 Å². The van der Waals surface area contributed by atoms with Crippen LogP contribution in [0.3, 0.4) is 0 Å². The van der Waals surface area contributed by atoms with Crippen molar-refractivity contribution in [3.63, 3.8) is 0 Å². The smallest absolute Gasteiger partial charge is 0.306 e. The molecule has 0 spiro atoms. The summed E-state index contributed by atoms with van der Waals surface area (Å²) in [4.78, 5) is 10.7. The average Bonchev–Trinajstić information content (AvgIpc) is 2.40. The molecule has 0 radical (unpaired) electrons. The summed E-state index contributed by atoms with van der Waals surface area (Å²) in [6.07, 6.45) is 2.08. The molecule has 0 aromatic rings. The van der Waals surface area contributed by atoms with Crippen molar-refractivity contribution in [2.75, 3.05) is 0 Å². The van der Waals surface area contributed by atoms with Crippen LogP contribution in [0.5, 0.6) is 0 Å². The van der Waals surface area contributed by atoms with E-state index in [0.29, 0.717) is 17.3 Å². The van der Waals surface area contributed by atoms with Crippen LogP contribution in [0, 0.1) is 23.2 Å². The second-order valence-electron chi connectivity index (χ2n) is 4.54. The molecule has 2 nitrogen and oxygen atoms in total. The van der Waals surface area contributed by atoms with Crippen molar-refractivity contribution >= 4 is 5.97 Å². The van der Waals surface area contributed by atoms with Crippen LogP contribution in [-0.2, 0) is 4.79 Å². The van der Waals surface area contributed by atoms with Gasteiger partial charge in [-0.15, -0.1) is 0 Å². The highest BCUT2D eigenvalue weighted by atomic mass is 16.4. The van der Waals surface area contributed by atoms with E-state index >= 15 is 0 Å². The largest absolute Gasteiger partial charge is 0.481 e. The molecular formula is C9H14O2.